The van der Waals surface area contributed by atoms with E-state index in [1.807, 2.05) is 0 Å². The molecule has 94 valence electrons. The van der Waals surface area contributed by atoms with E-state index in [4.69, 9.17) is 5.73 Å². The van der Waals surface area contributed by atoms with Crippen molar-refractivity contribution in [2.45, 2.75) is 9.79 Å². The molecule has 0 amide bonds. The van der Waals surface area contributed by atoms with Crippen LogP contribution in [0.15, 0.2) is 44.6 Å². The maximum absolute atomic E-state index is 13.4. The third-order valence-corrected chi connectivity index (χ3v) is 3.90. The zero-order valence-electron chi connectivity index (χ0n) is 8.88. The molecule has 0 fully saturated rings. The number of hydrogen-bond acceptors (Lipinski definition) is 2. The van der Waals surface area contributed by atoms with Crippen LogP contribution in [0, 0.1) is 17.5 Å². The summed E-state index contributed by atoms with van der Waals surface area (Å²) >= 11 is 3.95. The molecule has 0 heterocycles. The van der Waals surface area contributed by atoms with Gasteiger partial charge in [0.05, 0.1) is 4.47 Å². The van der Waals surface area contributed by atoms with E-state index in [1.165, 1.54) is 18.2 Å². The van der Waals surface area contributed by atoms with Crippen LogP contribution in [-0.4, -0.2) is 0 Å². The molecule has 0 radical (unpaired) electrons. The highest BCUT2D eigenvalue weighted by molar-refractivity contribution is 9.10. The summed E-state index contributed by atoms with van der Waals surface area (Å²) in [6, 6.07) is 5.80. The first kappa shape index (κ1) is 13.3. The lowest BCUT2D eigenvalue weighted by Gasteiger charge is -2.07. The van der Waals surface area contributed by atoms with E-state index in [1.54, 1.807) is 0 Å². The van der Waals surface area contributed by atoms with Gasteiger partial charge in [0.2, 0.25) is 0 Å². The van der Waals surface area contributed by atoms with Gasteiger partial charge in [0.25, 0.3) is 0 Å². The van der Waals surface area contributed by atoms with Crippen molar-refractivity contribution in [2.24, 2.45) is 0 Å². The Hall–Kier alpha value is -1.14. The lowest BCUT2D eigenvalue weighted by molar-refractivity contribution is 0.565. The summed E-state index contributed by atoms with van der Waals surface area (Å²) < 4.78 is 39.8. The molecule has 2 aromatic rings. The number of hydrogen-bond donors (Lipinski definition) is 1. The van der Waals surface area contributed by atoms with Crippen LogP contribution < -0.4 is 5.73 Å². The molecule has 1 nitrogen and oxygen atoms in total. The van der Waals surface area contributed by atoms with E-state index in [0.717, 1.165) is 23.9 Å². The van der Waals surface area contributed by atoms with Gasteiger partial charge >= 0.3 is 0 Å². The molecule has 2 aromatic carbocycles. The average molecular weight is 334 g/mol. The van der Waals surface area contributed by atoms with Crippen molar-refractivity contribution in [3.05, 3.63) is 52.3 Å². The van der Waals surface area contributed by atoms with Crippen LogP contribution in [0.4, 0.5) is 18.9 Å². The van der Waals surface area contributed by atoms with Gasteiger partial charge in [-0.2, -0.15) is 0 Å². The van der Waals surface area contributed by atoms with Gasteiger partial charge in [0, 0.05) is 21.5 Å². The standard InChI is InChI=1S/C12H7BrF3NS/c13-7-4-10(17)12(5-8(7)15)18-11-2-1-6(14)3-9(11)16/h1-5H,17H2. The highest BCUT2D eigenvalue weighted by atomic mass is 79.9. The van der Waals surface area contributed by atoms with Crippen LogP contribution in [0.25, 0.3) is 0 Å². The van der Waals surface area contributed by atoms with Gasteiger partial charge in [-0.25, -0.2) is 13.2 Å². The minimum absolute atomic E-state index is 0.185. The molecular weight excluding hydrogens is 327 g/mol. The number of anilines is 1. The summed E-state index contributed by atoms with van der Waals surface area (Å²) in [4.78, 5) is 0.561. The van der Waals surface area contributed by atoms with E-state index in [-0.39, 0.29) is 9.37 Å². The largest absolute Gasteiger partial charge is 0.398 e. The van der Waals surface area contributed by atoms with Gasteiger partial charge in [-0.15, -0.1) is 0 Å². The first-order valence-electron chi connectivity index (χ1n) is 4.85. The number of nitrogen functional groups attached to an aromatic ring is 1. The van der Waals surface area contributed by atoms with Crippen LogP contribution in [-0.2, 0) is 0 Å². The first-order chi connectivity index (χ1) is 8.47. The number of halogens is 4. The lowest BCUT2D eigenvalue weighted by Crippen LogP contribution is -1.92. The van der Waals surface area contributed by atoms with Crippen LogP contribution in [0.1, 0.15) is 0 Å². The van der Waals surface area contributed by atoms with Crippen LogP contribution in [0.3, 0.4) is 0 Å². The van der Waals surface area contributed by atoms with Crippen LogP contribution in [0.2, 0.25) is 0 Å². The van der Waals surface area contributed by atoms with Crippen molar-refractivity contribution in [1.29, 1.82) is 0 Å². The number of nitrogens with two attached hydrogens (primary N) is 1. The Morgan fingerprint density at radius 1 is 0.944 bits per heavy atom. The van der Waals surface area contributed by atoms with Crippen molar-refractivity contribution < 1.29 is 13.2 Å². The Morgan fingerprint density at radius 3 is 2.33 bits per heavy atom. The Morgan fingerprint density at radius 2 is 1.67 bits per heavy atom. The van der Waals surface area contributed by atoms with Crippen molar-refractivity contribution >= 4 is 33.4 Å². The molecule has 0 spiro atoms. The van der Waals surface area contributed by atoms with E-state index < -0.39 is 17.5 Å². The van der Waals surface area contributed by atoms with Crippen molar-refractivity contribution in [2.75, 3.05) is 5.73 Å². The fraction of sp³-hybridized carbons (Fsp3) is 0. The Balaban J connectivity index is 2.37. The van der Waals surface area contributed by atoms with Crippen molar-refractivity contribution in [3.8, 4) is 0 Å². The fourth-order valence-electron chi connectivity index (χ4n) is 1.31. The second kappa shape index (κ2) is 5.24. The quantitative estimate of drug-likeness (QED) is 0.813. The minimum Gasteiger partial charge on any atom is -0.398 e. The molecule has 0 atom stereocenters. The third kappa shape index (κ3) is 2.81. The van der Waals surface area contributed by atoms with Gasteiger partial charge in [-0.1, -0.05) is 11.8 Å². The lowest BCUT2D eigenvalue weighted by atomic mass is 10.3. The predicted molar refractivity (Wildman–Crippen MR) is 69.0 cm³/mol. The molecule has 0 aliphatic rings. The van der Waals surface area contributed by atoms with Gasteiger partial charge < -0.3 is 5.73 Å². The highest BCUT2D eigenvalue weighted by Gasteiger charge is 2.11. The molecule has 0 bridgehead atoms. The van der Waals surface area contributed by atoms with E-state index in [0.29, 0.717) is 10.6 Å². The fourth-order valence-corrected chi connectivity index (χ4v) is 2.54. The molecule has 0 aromatic heterocycles. The molecule has 0 saturated heterocycles. The Bertz CT molecular complexity index is 604. The molecule has 0 aliphatic carbocycles. The topological polar surface area (TPSA) is 26.0 Å². The summed E-state index contributed by atoms with van der Waals surface area (Å²) in [6.45, 7) is 0. The van der Waals surface area contributed by atoms with Crippen molar-refractivity contribution in [3.63, 3.8) is 0 Å². The van der Waals surface area contributed by atoms with Crippen LogP contribution in [0.5, 0.6) is 0 Å². The van der Waals surface area contributed by atoms with E-state index in [9.17, 15) is 13.2 Å². The van der Waals surface area contributed by atoms with Gasteiger partial charge in [0.15, 0.2) is 0 Å². The van der Waals surface area contributed by atoms with Gasteiger partial charge in [0.1, 0.15) is 17.5 Å². The predicted octanol–water partition coefficient (Wildman–Crippen LogP) is 4.60. The third-order valence-electron chi connectivity index (χ3n) is 2.17. The van der Waals surface area contributed by atoms with Crippen molar-refractivity contribution in [1.82, 2.24) is 0 Å². The van der Waals surface area contributed by atoms with Crippen LogP contribution >= 0.6 is 27.7 Å². The summed E-state index contributed by atoms with van der Waals surface area (Å²) in [7, 11) is 0. The zero-order valence-corrected chi connectivity index (χ0v) is 11.3. The molecule has 2 N–H and O–H groups in total. The highest BCUT2D eigenvalue weighted by Crippen LogP contribution is 2.36. The smallest absolute Gasteiger partial charge is 0.140 e. The summed E-state index contributed by atoms with van der Waals surface area (Å²) in [6.07, 6.45) is 0. The van der Waals surface area contributed by atoms with E-state index >= 15 is 0 Å². The monoisotopic (exact) mass is 333 g/mol. The summed E-state index contributed by atoms with van der Waals surface area (Å²) in [5.41, 5.74) is 6.02. The molecule has 0 unspecified atom stereocenters. The average Bonchev–Trinajstić information content (AvgIpc) is 2.29. The minimum atomic E-state index is -0.706. The molecule has 18 heavy (non-hydrogen) atoms. The summed E-state index contributed by atoms with van der Waals surface area (Å²) in [5, 5.41) is 0. The second-order valence-electron chi connectivity index (χ2n) is 3.48. The Kier molecular flexibility index (Phi) is 3.87. The molecule has 0 saturated carbocycles. The SMILES string of the molecule is Nc1cc(Br)c(F)cc1Sc1ccc(F)cc1F. The molecule has 6 heteroatoms. The maximum atomic E-state index is 13.4. The molecule has 0 aliphatic heterocycles. The van der Waals surface area contributed by atoms with Gasteiger partial charge in [-0.05, 0) is 40.2 Å². The number of benzene rings is 2. The molecular formula is C12H7BrF3NS. The normalized spacial score (nSPS) is 10.7. The molecule has 2 rings (SSSR count). The maximum Gasteiger partial charge on any atom is 0.140 e. The summed E-state index contributed by atoms with van der Waals surface area (Å²) in [5.74, 6) is -1.86. The number of rotatable bonds is 2. The Labute approximate surface area is 114 Å². The first-order valence-corrected chi connectivity index (χ1v) is 6.46. The second-order valence-corrected chi connectivity index (χ2v) is 5.42. The van der Waals surface area contributed by atoms with Gasteiger partial charge in [-0.3, -0.25) is 0 Å². The van der Waals surface area contributed by atoms with E-state index in [2.05, 4.69) is 15.9 Å². The zero-order chi connectivity index (χ0) is 13.3.